The highest BCUT2D eigenvalue weighted by molar-refractivity contribution is 9.10. The molecule has 1 N–H and O–H groups in total. The predicted molar refractivity (Wildman–Crippen MR) is 87.9 cm³/mol. The van der Waals surface area contributed by atoms with E-state index in [1.165, 1.54) is 0 Å². The molecule has 7 heteroatoms. The molecule has 0 spiro atoms. The van der Waals surface area contributed by atoms with Crippen molar-refractivity contribution in [2.75, 3.05) is 11.4 Å². The molecule has 22 heavy (non-hydrogen) atoms. The Morgan fingerprint density at radius 1 is 1.59 bits per heavy atom. The van der Waals surface area contributed by atoms with E-state index in [9.17, 15) is 4.79 Å². The van der Waals surface area contributed by atoms with Crippen molar-refractivity contribution in [2.24, 2.45) is 0 Å². The van der Waals surface area contributed by atoms with Gasteiger partial charge in [0, 0.05) is 12.7 Å². The van der Waals surface area contributed by atoms with Gasteiger partial charge < -0.3 is 14.6 Å². The van der Waals surface area contributed by atoms with Crippen LogP contribution in [0.25, 0.3) is 0 Å². The summed E-state index contributed by atoms with van der Waals surface area (Å²) in [5.41, 5.74) is 0. The Morgan fingerprint density at radius 2 is 2.45 bits per heavy atom. The summed E-state index contributed by atoms with van der Waals surface area (Å²) < 4.78 is 6.02. The van der Waals surface area contributed by atoms with E-state index in [0.29, 0.717) is 11.6 Å². The van der Waals surface area contributed by atoms with E-state index in [1.54, 1.807) is 24.6 Å². The highest BCUT2D eigenvalue weighted by Crippen LogP contribution is 2.31. The minimum atomic E-state index is -0.222. The summed E-state index contributed by atoms with van der Waals surface area (Å²) in [5, 5.41) is 3.48. The Bertz CT molecular complexity index is 663. The molecule has 0 radical (unpaired) electrons. The second-order valence-electron chi connectivity index (χ2n) is 5.11. The van der Waals surface area contributed by atoms with Crippen LogP contribution in [0.3, 0.4) is 0 Å². The van der Waals surface area contributed by atoms with Gasteiger partial charge >= 0.3 is 0 Å². The Labute approximate surface area is 141 Å². The maximum atomic E-state index is 12.4. The summed E-state index contributed by atoms with van der Waals surface area (Å²) in [4.78, 5) is 18.8. The summed E-state index contributed by atoms with van der Waals surface area (Å²) >= 11 is 9.40. The SMILES string of the molecule is O=C(NCc1ccco1)C1CCCN1c1ncc(Cl)cc1Br. The second kappa shape index (κ2) is 6.71. The van der Waals surface area contributed by atoms with E-state index in [2.05, 4.69) is 26.2 Å². The van der Waals surface area contributed by atoms with Crippen LogP contribution in [0.5, 0.6) is 0 Å². The molecule has 1 unspecified atom stereocenters. The third-order valence-electron chi connectivity index (χ3n) is 3.63. The Hall–Kier alpha value is -1.53. The summed E-state index contributed by atoms with van der Waals surface area (Å²) in [6, 6.07) is 5.21. The number of hydrogen-bond acceptors (Lipinski definition) is 4. The van der Waals surface area contributed by atoms with E-state index in [-0.39, 0.29) is 11.9 Å². The highest BCUT2D eigenvalue weighted by atomic mass is 79.9. The second-order valence-corrected chi connectivity index (χ2v) is 6.40. The molecular weight excluding hydrogens is 370 g/mol. The number of carbonyl (C=O) groups excluding carboxylic acids is 1. The quantitative estimate of drug-likeness (QED) is 0.878. The summed E-state index contributed by atoms with van der Waals surface area (Å²) in [6.07, 6.45) is 4.95. The van der Waals surface area contributed by atoms with Crippen LogP contribution in [0.1, 0.15) is 18.6 Å². The summed E-state index contributed by atoms with van der Waals surface area (Å²) in [6.45, 7) is 1.19. The van der Waals surface area contributed by atoms with Gasteiger partial charge in [0.1, 0.15) is 17.6 Å². The minimum absolute atomic E-state index is 0.0162. The lowest BCUT2D eigenvalue weighted by Crippen LogP contribution is -2.43. The zero-order valence-electron chi connectivity index (χ0n) is 11.8. The van der Waals surface area contributed by atoms with Gasteiger partial charge in [-0.25, -0.2) is 4.98 Å². The van der Waals surface area contributed by atoms with Crippen molar-refractivity contribution in [3.05, 3.63) is 45.9 Å². The average Bonchev–Trinajstić information content (AvgIpc) is 3.16. The minimum Gasteiger partial charge on any atom is -0.467 e. The molecule has 1 atom stereocenters. The van der Waals surface area contributed by atoms with E-state index in [4.69, 9.17) is 16.0 Å². The van der Waals surface area contributed by atoms with Crippen LogP contribution in [-0.4, -0.2) is 23.5 Å². The van der Waals surface area contributed by atoms with E-state index in [0.717, 1.165) is 35.4 Å². The Kier molecular flexibility index (Phi) is 4.69. The molecule has 3 heterocycles. The Balaban J connectivity index is 1.70. The van der Waals surface area contributed by atoms with Crippen LogP contribution in [0.2, 0.25) is 5.02 Å². The highest BCUT2D eigenvalue weighted by Gasteiger charge is 2.32. The third kappa shape index (κ3) is 3.28. The number of hydrogen-bond donors (Lipinski definition) is 1. The third-order valence-corrected chi connectivity index (χ3v) is 4.42. The van der Waals surface area contributed by atoms with Crippen molar-refractivity contribution in [1.82, 2.24) is 10.3 Å². The molecule has 1 aliphatic rings. The molecule has 1 saturated heterocycles. The van der Waals surface area contributed by atoms with Gasteiger partial charge in [0.15, 0.2) is 0 Å². The van der Waals surface area contributed by atoms with Crippen molar-refractivity contribution in [3.8, 4) is 0 Å². The number of anilines is 1. The smallest absolute Gasteiger partial charge is 0.243 e. The summed E-state index contributed by atoms with van der Waals surface area (Å²) in [7, 11) is 0. The normalized spacial score (nSPS) is 17.7. The number of furan rings is 1. The first kappa shape index (κ1) is 15.4. The maximum Gasteiger partial charge on any atom is 0.243 e. The maximum absolute atomic E-state index is 12.4. The number of nitrogens with zero attached hydrogens (tertiary/aromatic N) is 2. The van der Waals surface area contributed by atoms with Crippen LogP contribution in [-0.2, 0) is 11.3 Å². The molecule has 116 valence electrons. The van der Waals surface area contributed by atoms with Gasteiger partial charge in [-0.2, -0.15) is 0 Å². The van der Waals surface area contributed by atoms with Crippen molar-refractivity contribution in [2.45, 2.75) is 25.4 Å². The van der Waals surface area contributed by atoms with Crippen molar-refractivity contribution >= 4 is 39.3 Å². The Morgan fingerprint density at radius 3 is 3.18 bits per heavy atom. The zero-order chi connectivity index (χ0) is 15.5. The van der Waals surface area contributed by atoms with E-state index < -0.39 is 0 Å². The molecule has 0 aromatic carbocycles. The number of pyridine rings is 1. The van der Waals surface area contributed by atoms with Crippen LogP contribution in [0, 0.1) is 0 Å². The molecule has 5 nitrogen and oxygen atoms in total. The van der Waals surface area contributed by atoms with Crippen LogP contribution in [0.4, 0.5) is 5.82 Å². The average molecular weight is 385 g/mol. The van der Waals surface area contributed by atoms with Crippen molar-refractivity contribution in [3.63, 3.8) is 0 Å². The first-order chi connectivity index (χ1) is 10.6. The number of amides is 1. The van der Waals surface area contributed by atoms with E-state index in [1.807, 2.05) is 11.0 Å². The number of rotatable bonds is 4. The van der Waals surface area contributed by atoms with Gasteiger partial charge in [-0.3, -0.25) is 4.79 Å². The zero-order valence-corrected chi connectivity index (χ0v) is 14.1. The molecule has 2 aromatic heterocycles. The molecule has 0 aliphatic carbocycles. The first-order valence-electron chi connectivity index (χ1n) is 7.03. The molecule has 0 saturated carbocycles. The number of carbonyl (C=O) groups is 1. The lowest BCUT2D eigenvalue weighted by atomic mass is 10.2. The number of aromatic nitrogens is 1. The largest absolute Gasteiger partial charge is 0.467 e. The number of nitrogens with one attached hydrogen (secondary N) is 1. The van der Waals surface area contributed by atoms with Crippen LogP contribution in [0.15, 0.2) is 39.5 Å². The first-order valence-corrected chi connectivity index (χ1v) is 8.20. The molecule has 1 aliphatic heterocycles. The van der Waals surface area contributed by atoms with Crippen LogP contribution < -0.4 is 10.2 Å². The molecule has 3 rings (SSSR count). The molecule has 2 aromatic rings. The van der Waals surface area contributed by atoms with Gasteiger partial charge in [0.25, 0.3) is 0 Å². The fourth-order valence-corrected chi connectivity index (χ4v) is 3.48. The standard InChI is InChI=1S/C15H15BrClN3O2/c16-12-7-10(17)8-18-14(12)20-5-1-4-13(20)15(21)19-9-11-3-2-6-22-11/h2-3,6-8,13H,1,4-5,9H2,(H,19,21). The molecule has 1 fully saturated rings. The van der Waals surface area contributed by atoms with E-state index >= 15 is 0 Å². The lowest BCUT2D eigenvalue weighted by molar-refractivity contribution is -0.122. The van der Waals surface area contributed by atoms with Crippen molar-refractivity contribution < 1.29 is 9.21 Å². The molecule has 0 bridgehead atoms. The van der Waals surface area contributed by atoms with Gasteiger partial charge in [-0.1, -0.05) is 11.6 Å². The van der Waals surface area contributed by atoms with Crippen LogP contribution >= 0.6 is 27.5 Å². The van der Waals surface area contributed by atoms with Crippen molar-refractivity contribution in [1.29, 1.82) is 0 Å². The topological polar surface area (TPSA) is 58.4 Å². The van der Waals surface area contributed by atoms with Gasteiger partial charge in [0.2, 0.25) is 5.91 Å². The summed E-state index contributed by atoms with van der Waals surface area (Å²) in [5.74, 6) is 1.47. The van der Waals surface area contributed by atoms with Gasteiger partial charge in [-0.15, -0.1) is 0 Å². The molecule has 1 amide bonds. The fourth-order valence-electron chi connectivity index (χ4n) is 2.62. The predicted octanol–water partition coefficient (Wildman–Crippen LogP) is 3.38. The monoisotopic (exact) mass is 383 g/mol. The number of halogens is 2. The van der Waals surface area contributed by atoms with Gasteiger partial charge in [0.05, 0.1) is 22.3 Å². The van der Waals surface area contributed by atoms with Gasteiger partial charge in [-0.05, 0) is 47.0 Å². The fraction of sp³-hybridized carbons (Fsp3) is 0.333. The molecular formula is C15H15BrClN3O2. The lowest BCUT2D eigenvalue weighted by Gasteiger charge is -2.25.